The predicted molar refractivity (Wildman–Crippen MR) is 283 cm³/mol. The number of carbonyl (C=O) groups is 10. The van der Waals surface area contributed by atoms with E-state index in [0.717, 1.165) is 10.9 Å². The molecule has 0 aliphatic carbocycles. The first-order valence-corrected chi connectivity index (χ1v) is 25.0. The number of fused-ring (bicyclic) bond motifs is 1. The first-order chi connectivity index (χ1) is 35.8. The topological polar surface area (TPSA) is 409 Å². The highest BCUT2D eigenvalue weighted by atomic mass is 32.1. The van der Waals surface area contributed by atoms with Gasteiger partial charge in [0.05, 0.1) is 12.9 Å². The Morgan fingerprint density at radius 2 is 1.29 bits per heavy atom. The third-order valence-corrected chi connectivity index (χ3v) is 12.4. The third-order valence-electron chi connectivity index (χ3n) is 11.7. The van der Waals surface area contributed by atoms with E-state index >= 15 is 0 Å². The summed E-state index contributed by atoms with van der Waals surface area (Å²) in [5.41, 5.74) is 18.6. The van der Waals surface area contributed by atoms with Crippen LogP contribution in [-0.4, -0.2) is 167 Å². The molecule has 16 N–H and O–H groups in total. The molecular formula is C47H65N15O11S2. The minimum atomic E-state index is -1.63. The number of urea groups is 1. The van der Waals surface area contributed by atoms with Gasteiger partial charge in [0.2, 0.25) is 41.4 Å². The summed E-state index contributed by atoms with van der Waals surface area (Å²) in [6, 6.07) is 4.22. The molecule has 0 saturated carbocycles. The van der Waals surface area contributed by atoms with Crippen LogP contribution in [0.3, 0.4) is 0 Å². The van der Waals surface area contributed by atoms with Gasteiger partial charge in [0.15, 0.2) is 5.96 Å². The molecule has 2 aromatic carbocycles. The van der Waals surface area contributed by atoms with Crippen LogP contribution in [-0.2, 0) is 56.0 Å². The summed E-state index contributed by atoms with van der Waals surface area (Å²) in [6.45, 7) is 1.30. The molecule has 0 bridgehead atoms. The summed E-state index contributed by atoms with van der Waals surface area (Å²) in [5, 5.41) is 31.2. The molecule has 8 atom stereocenters. The normalized spacial score (nSPS) is 15.4. The molecule has 28 heteroatoms. The lowest BCUT2D eigenvalue weighted by Crippen LogP contribution is -2.61. The van der Waals surface area contributed by atoms with E-state index in [0.29, 0.717) is 16.0 Å². The van der Waals surface area contributed by atoms with E-state index in [1.807, 2.05) is 18.2 Å². The van der Waals surface area contributed by atoms with Crippen LogP contribution < -0.4 is 59.7 Å². The standard InChI is InChI=1S/C47H65N15O11S2/c1-25(55-24-51-2)17-32(58-41(68)31(14-15-38(64)65)57-45(72)36(23-75)62-37(63)21-54-47(62)73)42(69)59-33(18-26-9-4-3-5-10-26)43(70)56-30(13-8-16-52-46(49)50)40(67)60-34(44(71)61-35(22-74)39(48)66)19-27-20-53-29-12-7-6-11-28(27)29/h3-7,9-12,20,24-25,30-36,53,74-75H,8,13-19,21-23H2,1-2H3,(H2,48,66)(H,51,55)(H,54,73)(H,56,70)(H,57,72)(H,58,68)(H,59,69)(H,60,67)(H,61,71)(H,64,65)(H4,49,50,52)/t25?,30-,31-,32-,33+,34-,35-,36-/m0/s1. The van der Waals surface area contributed by atoms with E-state index in [4.69, 9.17) is 17.2 Å². The zero-order valence-corrected chi connectivity index (χ0v) is 43.0. The van der Waals surface area contributed by atoms with Crippen molar-refractivity contribution in [1.82, 2.24) is 52.4 Å². The Morgan fingerprint density at radius 3 is 1.88 bits per heavy atom. The number of aromatic nitrogens is 1. The summed E-state index contributed by atoms with van der Waals surface area (Å²) < 4.78 is 0. The van der Waals surface area contributed by atoms with Gasteiger partial charge < -0.3 is 69.8 Å². The molecule has 406 valence electrons. The summed E-state index contributed by atoms with van der Waals surface area (Å²) in [4.78, 5) is 146. The number of amides is 10. The number of primary amides is 1. The third kappa shape index (κ3) is 18.5. The molecular weight excluding hydrogens is 1010 g/mol. The molecule has 0 radical (unpaired) electrons. The molecule has 0 spiro atoms. The Labute approximate surface area is 442 Å². The maximum atomic E-state index is 14.7. The lowest BCUT2D eigenvalue weighted by molar-refractivity contribution is -0.139. The maximum absolute atomic E-state index is 14.7. The van der Waals surface area contributed by atoms with Gasteiger partial charge in [-0.2, -0.15) is 25.3 Å². The Morgan fingerprint density at radius 1 is 0.733 bits per heavy atom. The molecule has 26 nitrogen and oxygen atoms in total. The van der Waals surface area contributed by atoms with Gasteiger partial charge in [0.1, 0.15) is 42.3 Å². The molecule has 2 heterocycles. The van der Waals surface area contributed by atoms with E-state index < -0.39 is 120 Å². The van der Waals surface area contributed by atoms with Crippen molar-refractivity contribution in [3.05, 3.63) is 71.9 Å². The molecule has 4 rings (SSSR count). The molecule has 1 unspecified atom stereocenters. The molecule has 1 fully saturated rings. The predicted octanol–water partition coefficient (Wildman–Crippen LogP) is -2.93. The number of hydrogen-bond donors (Lipinski definition) is 15. The number of hydrogen-bond acceptors (Lipinski definition) is 14. The Kier molecular flexibility index (Phi) is 23.7. The highest BCUT2D eigenvalue weighted by Crippen LogP contribution is 2.20. The van der Waals surface area contributed by atoms with Crippen molar-refractivity contribution < 1.29 is 53.1 Å². The number of H-pyrrole nitrogens is 1. The number of guanidine groups is 1. The number of nitrogens with zero attached hydrogens (tertiary/aromatic N) is 3. The van der Waals surface area contributed by atoms with Gasteiger partial charge in [0, 0.05) is 67.5 Å². The number of rotatable bonds is 31. The van der Waals surface area contributed by atoms with Gasteiger partial charge in [-0.15, -0.1) is 0 Å². The largest absolute Gasteiger partial charge is 0.481 e. The van der Waals surface area contributed by atoms with E-state index in [-0.39, 0.29) is 62.7 Å². The fraction of sp³-hybridized carbons (Fsp3) is 0.447. The zero-order valence-electron chi connectivity index (χ0n) is 41.2. The number of carbonyl (C=O) groups excluding carboxylic acids is 9. The average Bonchev–Trinajstić information content (AvgIpc) is 3.94. The number of imide groups is 1. The van der Waals surface area contributed by atoms with Crippen LogP contribution in [0, 0.1) is 0 Å². The number of aliphatic imine (C=N–C) groups is 2. The van der Waals surface area contributed by atoms with Crippen LogP contribution >= 0.6 is 25.3 Å². The van der Waals surface area contributed by atoms with Gasteiger partial charge in [-0.3, -0.25) is 53.1 Å². The van der Waals surface area contributed by atoms with Gasteiger partial charge in [0.25, 0.3) is 5.91 Å². The van der Waals surface area contributed by atoms with E-state index in [9.17, 15) is 53.1 Å². The first kappa shape index (κ1) is 59.7. The van der Waals surface area contributed by atoms with Crippen molar-refractivity contribution in [2.75, 3.05) is 31.6 Å². The number of thiol groups is 2. The number of aliphatic carboxylic acids is 1. The smallest absolute Gasteiger partial charge is 0.325 e. The van der Waals surface area contributed by atoms with Gasteiger partial charge in [-0.25, -0.2) is 9.69 Å². The molecule has 1 saturated heterocycles. The van der Waals surface area contributed by atoms with Gasteiger partial charge in [-0.05, 0) is 49.8 Å². The lowest BCUT2D eigenvalue weighted by atomic mass is 10.0. The van der Waals surface area contributed by atoms with Crippen molar-refractivity contribution in [3.8, 4) is 0 Å². The quantitative estimate of drug-likeness (QED) is 0.0101. The van der Waals surface area contributed by atoms with Crippen LogP contribution in [0.5, 0.6) is 0 Å². The lowest BCUT2D eigenvalue weighted by Gasteiger charge is -2.29. The zero-order chi connectivity index (χ0) is 55.2. The maximum Gasteiger partial charge on any atom is 0.325 e. The fourth-order valence-corrected chi connectivity index (χ4v) is 8.42. The summed E-state index contributed by atoms with van der Waals surface area (Å²) >= 11 is 8.27. The molecule has 1 aliphatic heterocycles. The average molecular weight is 1080 g/mol. The van der Waals surface area contributed by atoms with Gasteiger partial charge >= 0.3 is 12.0 Å². The Hall–Kier alpha value is -7.88. The minimum Gasteiger partial charge on any atom is -0.481 e. The molecule has 1 aliphatic rings. The summed E-state index contributed by atoms with van der Waals surface area (Å²) in [7, 11) is 1.49. The monoisotopic (exact) mass is 1080 g/mol. The number of benzene rings is 2. The second kappa shape index (κ2) is 29.7. The number of carboxylic acids is 1. The number of nitrogens with one attached hydrogen (secondary N) is 9. The highest BCUT2D eigenvalue weighted by molar-refractivity contribution is 7.80. The van der Waals surface area contributed by atoms with Gasteiger partial charge in [-0.1, -0.05) is 48.5 Å². The second-order valence-corrected chi connectivity index (χ2v) is 18.1. The number of nitrogens with two attached hydrogens (primary N) is 3. The van der Waals surface area contributed by atoms with Crippen LogP contribution in [0.1, 0.15) is 50.2 Å². The van der Waals surface area contributed by atoms with E-state index in [1.165, 1.54) is 13.4 Å². The van der Waals surface area contributed by atoms with Crippen LogP contribution in [0.2, 0.25) is 0 Å². The summed E-state index contributed by atoms with van der Waals surface area (Å²) in [5.74, 6) is -9.14. The van der Waals surface area contributed by atoms with Crippen molar-refractivity contribution >= 4 is 108 Å². The number of carboxylic acid groups (broad SMARTS) is 1. The highest BCUT2D eigenvalue weighted by Gasteiger charge is 2.40. The van der Waals surface area contributed by atoms with Crippen molar-refractivity contribution in [2.45, 2.75) is 100 Å². The van der Waals surface area contributed by atoms with Crippen LogP contribution in [0.25, 0.3) is 10.9 Å². The van der Waals surface area contributed by atoms with Crippen molar-refractivity contribution in [3.63, 3.8) is 0 Å². The van der Waals surface area contributed by atoms with Crippen LogP contribution in [0.4, 0.5) is 4.79 Å². The van der Waals surface area contributed by atoms with Crippen LogP contribution in [0.15, 0.2) is 70.8 Å². The summed E-state index contributed by atoms with van der Waals surface area (Å²) in [6.07, 6.45) is 1.50. The number of aromatic amines is 1. The van der Waals surface area contributed by atoms with E-state index in [1.54, 1.807) is 49.5 Å². The fourth-order valence-electron chi connectivity index (χ4n) is 7.82. The minimum absolute atomic E-state index is 0.0267. The first-order valence-electron chi connectivity index (χ1n) is 23.7. The molecule has 10 amide bonds. The Bertz CT molecular complexity index is 2560. The second-order valence-electron chi connectivity index (χ2n) is 17.4. The molecule has 3 aromatic rings. The molecule has 75 heavy (non-hydrogen) atoms. The number of para-hydroxylation sites is 1. The van der Waals surface area contributed by atoms with Crippen molar-refractivity contribution in [2.24, 2.45) is 27.2 Å². The Balaban J connectivity index is 1.68. The van der Waals surface area contributed by atoms with Crippen molar-refractivity contribution in [1.29, 1.82) is 0 Å². The SMILES string of the molecule is CN=CNC(C)C[C@H](NC(=O)[C@H](CCC(=O)O)NC(=O)[C@H](CS)N1C(=O)CNC1=O)C(=O)N[C@H](Cc1ccccc1)C(=O)N[C@@H](CCCN=C(N)N)C(=O)N[C@@H](Cc1c[nH]c2ccccc12)C(=O)N[C@@H](CS)C(N)=O. The van der Waals surface area contributed by atoms with E-state index in [2.05, 4.69) is 82.8 Å². The molecule has 1 aromatic heterocycles.